The van der Waals surface area contributed by atoms with Crippen LogP contribution in [0.15, 0.2) is 47.5 Å². The van der Waals surface area contributed by atoms with Crippen LogP contribution in [-0.4, -0.2) is 46.3 Å². The molecule has 1 fully saturated rings. The van der Waals surface area contributed by atoms with E-state index in [1.807, 2.05) is 28.8 Å². The molecule has 3 aromatic rings. The lowest BCUT2D eigenvalue weighted by molar-refractivity contribution is -0.126. The number of nitrogens with zero attached hydrogens (tertiary/aromatic N) is 4. The van der Waals surface area contributed by atoms with Gasteiger partial charge in [-0.05, 0) is 43.2 Å². The molecule has 4 rings (SSSR count). The molecule has 1 N–H and O–H groups in total. The highest BCUT2D eigenvalue weighted by Gasteiger charge is 2.33. The second kappa shape index (κ2) is 8.50. The Kier molecular flexibility index (Phi) is 5.97. The van der Waals surface area contributed by atoms with Crippen molar-refractivity contribution in [3.8, 4) is 0 Å². The van der Waals surface area contributed by atoms with Gasteiger partial charge in [0.15, 0.2) is 11.5 Å². The predicted octanol–water partition coefficient (Wildman–Crippen LogP) is 2.75. The quantitative estimate of drug-likeness (QED) is 0.621. The van der Waals surface area contributed by atoms with E-state index in [9.17, 15) is 13.2 Å². The van der Waals surface area contributed by atoms with Crippen LogP contribution in [0.2, 0.25) is 10.0 Å². The van der Waals surface area contributed by atoms with Gasteiger partial charge in [0, 0.05) is 30.2 Å². The monoisotopic (exact) mass is 467 g/mol. The minimum Gasteiger partial charge on any atom is -0.349 e. The third-order valence-corrected chi connectivity index (χ3v) is 7.76. The zero-order chi connectivity index (χ0) is 21.3. The van der Waals surface area contributed by atoms with Crippen molar-refractivity contribution in [2.45, 2.75) is 24.3 Å². The number of sulfonamides is 1. The highest BCUT2D eigenvalue weighted by Crippen LogP contribution is 2.30. The third-order valence-electron chi connectivity index (χ3n) is 5.14. The molecule has 0 saturated carbocycles. The van der Waals surface area contributed by atoms with Crippen molar-refractivity contribution < 1.29 is 13.2 Å². The van der Waals surface area contributed by atoms with Crippen LogP contribution in [0, 0.1) is 5.92 Å². The van der Waals surface area contributed by atoms with Crippen LogP contribution in [0.4, 0.5) is 0 Å². The fourth-order valence-corrected chi connectivity index (χ4v) is 5.70. The van der Waals surface area contributed by atoms with Gasteiger partial charge in [-0.1, -0.05) is 29.3 Å². The lowest BCUT2D eigenvalue weighted by Gasteiger charge is -2.30. The molecule has 0 aliphatic carbocycles. The summed E-state index contributed by atoms with van der Waals surface area (Å²) < 4.78 is 29.0. The zero-order valence-electron chi connectivity index (χ0n) is 15.8. The molecule has 0 atom stereocenters. The van der Waals surface area contributed by atoms with Crippen LogP contribution in [0.5, 0.6) is 0 Å². The Labute approximate surface area is 183 Å². The molecular weight excluding hydrogens is 449 g/mol. The van der Waals surface area contributed by atoms with Crippen LogP contribution >= 0.6 is 23.2 Å². The number of carbonyl (C=O) groups excluding carboxylic acids is 1. The number of nitrogens with one attached hydrogen (secondary N) is 1. The van der Waals surface area contributed by atoms with Crippen LogP contribution in [0.3, 0.4) is 0 Å². The number of piperidine rings is 1. The largest absolute Gasteiger partial charge is 0.349 e. The maximum atomic E-state index is 12.9. The Morgan fingerprint density at radius 2 is 1.90 bits per heavy atom. The Bertz CT molecular complexity index is 1190. The molecule has 3 heterocycles. The van der Waals surface area contributed by atoms with Gasteiger partial charge in [-0.3, -0.25) is 9.20 Å². The Morgan fingerprint density at radius 3 is 2.67 bits per heavy atom. The van der Waals surface area contributed by atoms with Crippen molar-refractivity contribution in [1.29, 1.82) is 0 Å². The number of fused-ring (bicyclic) bond motifs is 1. The van der Waals surface area contributed by atoms with Crippen molar-refractivity contribution in [3.05, 3.63) is 58.5 Å². The first-order chi connectivity index (χ1) is 14.4. The lowest BCUT2D eigenvalue weighted by Crippen LogP contribution is -2.43. The fourth-order valence-electron chi connectivity index (χ4n) is 3.49. The molecule has 8 nitrogen and oxygen atoms in total. The molecule has 0 spiro atoms. The Morgan fingerprint density at radius 1 is 1.13 bits per heavy atom. The molecule has 0 bridgehead atoms. The molecule has 1 saturated heterocycles. The number of pyridine rings is 1. The molecule has 2 aromatic heterocycles. The summed E-state index contributed by atoms with van der Waals surface area (Å²) in [5.41, 5.74) is 0.708. The SMILES string of the molecule is O=C(NCc1nnc2ccccn12)C1CCN(S(=O)(=O)c2cc(Cl)ccc2Cl)CC1. The first kappa shape index (κ1) is 21.0. The van der Waals surface area contributed by atoms with E-state index in [1.54, 1.807) is 0 Å². The average Bonchev–Trinajstić information content (AvgIpc) is 3.17. The number of rotatable bonds is 5. The van der Waals surface area contributed by atoms with Crippen LogP contribution < -0.4 is 5.32 Å². The van der Waals surface area contributed by atoms with Gasteiger partial charge in [0.2, 0.25) is 15.9 Å². The van der Waals surface area contributed by atoms with Crippen molar-refractivity contribution >= 4 is 44.8 Å². The summed E-state index contributed by atoms with van der Waals surface area (Å²) in [5, 5.41) is 11.5. The first-order valence-corrected chi connectivity index (χ1v) is 11.6. The Hall–Kier alpha value is -2.20. The van der Waals surface area contributed by atoms with Crippen LogP contribution in [0.1, 0.15) is 18.7 Å². The number of carbonyl (C=O) groups is 1. The lowest BCUT2D eigenvalue weighted by atomic mass is 9.97. The van der Waals surface area contributed by atoms with Crippen LogP contribution in [0.25, 0.3) is 5.65 Å². The second-order valence-electron chi connectivity index (χ2n) is 7.02. The molecule has 1 aliphatic heterocycles. The van der Waals surface area contributed by atoms with E-state index in [0.29, 0.717) is 29.3 Å². The molecular formula is C19H19Cl2N5O3S. The predicted molar refractivity (Wildman–Crippen MR) is 113 cm³/mol. The van der Waals surface area contributed by atoms with E-state index in [4.69, 9.17) is 23.2 Å². The standard InChI is InChI=1S/C19H19Cl2N5O3S/c20-14-4-5-15(21)16(11-14)30(28,29)25-9-6-13(7-10-25)19(27)22-12-18-24-23-17-3-1-2-8-26(17)18/h1-5,8,11,13H,6-7,9-10,12H2,(H,22,27). The van der Waals surface area contributed by atoms with Crippen molar-refractivity contribution in [3.63, 3.8) is 0 Å². The number of hydrogen-bond acceptors (Lipinski definition) is 5. The number of amides is 1. The van der Waals surface area contributed by atoms with Gasteiger partial charge in [0.05, 0.1) is 11.6 Å². The summed E-state index contributed by atoms with van der Waals surface area (Å²) in [6, 6.07) is 9.92. The summed E-state index contributed by atoms with van der Waals surface area (Å²) in [6.07, 6.45) is 2.68. The zero-order valence-corrected chi connectivity index (χ0v) is 18.2. The smallest absolute Gasteiger partial charge is 0.244 e. The minimum atomic E-state index is -3.77. The molecule has 1 aliphatic rings. The van der Waals surface area contributed by atoms with E-state index in [-0.39, 0.29) is 41.4 Å². The molecule has 0 unspecified atom stereocenters. The van der Waals surface area contributed by atoms with E-state index in [0.717, 1.165) is 0 Å². The first-order valence-electron chi connectivity index (χ1n) is 9.38. The second-order valence-corrected chi connectivity index (χ2v) is 9.77. The summed E-state index contributed by atoms with van der Waals surface area (Å²) in [5.74, 6) is 0.237. The summed E-state index contributed by atoms with van der Waals surface area (Å²) in [7, 11) is -3.77. The minimum absolute atomic E-state index is 0.0155. The summed E-state index contributed by atoms with van der Waals surface area (Å²) in [6.45, 7) is 0.717. The number of aromatic nitrogens is 3. The molecule has 1 amide bonds. The van der Waals surface area contributed by atoms with E-state index < -0.39 is 10.0 Å². The number of hydrogen-bond donors (Lipinski definition) is 1. The summed E-state index contributed by atoms with van der Waals surface area (Å²) in [4.78, 5) is 12.6. The van der Waals surface area contributed by atoms with Gasteiger partial charge in [0.1, 0.15) is 4.90 Å². The van der Waals surface area contributed by atoms with Gasteiger partial charge >= 0.3 is 0 Å². The van der Waals surface area contributed by atoms with Gasteiger partial charge < -0.3 is 5.32 Å². The number of halogens is 2. The molecule has 158 valence electrons. The van der Waals surface area contributed by atoms with Gasteiger partial charge in [-0.15, -0.1) is 10.2 Å². The van der Waals surface area contributed by atoms with Crippen molar-refractivity contribution in [2.75, 3.05) is 13.1 Å². The van der Waals surface area contributed by atoms with E-state index in [2.05, 4.69) is 15.5 Å². The molecule has 0 radical (unpaired) electrons. The van der Waals surface area contributed by atoms with Crippen molar-refractivity contribution in [2.24, 2.45) is 5.92 Å². The molecule has 1 aromatic carbocycles. The maximum Gasteiger partial charge on any atom is 0.244 e. The van der Waals surface area contributed by atoms with Crippen LogP contribution in [-0.2, 0) is 21.4 Å². The molecule has 11 heteroatoms. The highest BCUT2D eigenvalue weighted by atomic mass is 35.5. The Balaban J connectivity index is 1.37. The maximum absolute atomic E-state index is 12.9. The topological polar surface area (TPSA) is 96.7 Å². The van der Waals surface area contributed by atoms with Gasteiger partial charge in [-0.2, -0.15) is 4.31 Å². The fraction of sp³-hybridized carbons (Fsp3) is 0.316. The van der Waals surface area contributed by atoms with E-state index in [1.165, 1.54) is 22.5 Å². The average molecular weight is 468 g/mol. The van der Waals surface area contributed by atoms with Gasteiger partial charge in [-0.25, -0.2) is 8.42 Å². The van der Waals surface area contributed by atoms with E-state index >= 15 is 0 Å². The summed E-state index contributed by atoms with van der Waals surface area (Å²) >= 11 is 12.0. The van der Waals surface area contributed by atoms with Crippen molar-refractivity contribution in [1.82, 2.24) is 24.2 Å². The number of benzene rings is 1. The highest BCUT2D eigenvalue weighted by molar-refractivity contribution is 7.89. The normalized spacial score (nSPS) is 16.1. The molecule has 30 heavy (non-hydrogen) atoms. The third kappa shape index (κ3) is 4.15. The van der Waals surface area contributed by atoms with Gasteiger partial charge in [0.25, 0.3) is 0 Å².